The Kier molecular flexibility index (Phi) is 7.07. The second-order valence-electron chi connectivity index (χ2n) is 2.73. The lowest BCUT2D eigenvalue weighted by Gasteiger charge is -2.04. The fourth-order valence-corrected chi connectivity index (χ4v) is 0.803. The number of hydrazone groups is 1. The molecule has 1 amide bonds. The van der Waals surface area contributed by atoms with Crippen LogP contribution in [-0.2, 0) is 23.8 Å². The van der Waals surface area contributed by atoms with Crippen LogP contribution in [0, 0.1) is 0 Å². The average molecular weight is 246 g/mol. The first-order chi connectivity index (χ1) is 8.04. The van der Waals surface area contributed by atoms with Gasteiger partial charge < -0.3 is 14.2 Å². The minimum Gasteiger partial charge on any atom is -0.469 e. The minimum absolute atomic E-state index is 0.0106. The number of esters is 2. The van der Waals surface area contributed by atoms with Gasteiger partial charge in [0.1, 0.15) is 5.71 Å². The molecular formula is C9H14N2O6. The van der Waals surface area contributed by atoms with Crippen LogP contribution in [0.4, 0.5) is 4.79 Å². The maximum Gasteiger partial charge on any atom is 0.427 e. The van der Waals surface area contributed by atoms with Gasteiger partial charge in [-0.3, -0.25) is 4.79 Å². The summed E-state index contributed by atoms with van der Waals surface area (Å²) in [6.07, 6.45) is -0.888. The number of nitrogens with zero attached hydrogens (tertiary/aromatic N) is 1. The van der Waals surface area contributed by atoms with Crippen molar-refractivity contribution in [2.24, 2.45) is 5.10 Å². The van der Waals surface area contributed by atoms with E-state index < -0.39 is 18.0 Å². The van der Waals surface area contributed by atoms with Crippen molar-refractivity contribution in [2.45, 2.75) is 12.8 Å². The van der Waals surface area contributed by atoms with Gasteiger partial charge in [0, 0.05) is 6.42 Å². The summed E-state index contributed by atoms with van der Waals surface area (Å²) in [7, 11) is 3.54. The van der Waals surface area contributed by atoms with Crippen LogP contribution in [0.15, 0.2) is 5.10 Å². The van der Waals surface area contributed by atoms with E-state index in [1.165, 1.54) is 7.11 Å². The first-order valence-electron chi connectivity index (χ1n) is 4.60. The van der Waals surface area contributed by atoms with Crippen LogP contribution in [-0.4, -0.2) is 45.1 Å². The average Bonchev–Trinajstić information content (AvgIpc) is 2.36. The highest BCUT2D eigenvalue weighted by atomic mass is 16.5. The molecule has 0 unspecified atom stereocenters. The molecule has 0 radical (unpaired) electrons. The molecular weight excluding hydrogens is 232 g/mol. The second-order valence-corrected chi connectivity index (χ2v) is 2.73. The largest absolute Gasteiger partial charge is 0.469 e. The third kappa shape index (κ3) is 6.13. The van der Waals surface area contributed by atoms with E-state index in [0.29, 0.717) is 0 Å². The smallest absolute Gasteiger partial charge is 0.427 e. The van der Waals surface area contributed by atoms with Crippen molar-refractivity contribution in [2.75, 3.05) is 21.3 Å². The number of amides is 1. The fraction of sp³-hybridized carbons (Fsp3) is 0.556. The van der Waals surface area contributed by atoms with Gasteiger partial charge >= 0.3 is 18.0 Å². The van der Waals surface area contributed by atoms with Crippen LogP contribution in [0.3, 0.4) is 0 Å². The van der Waals surface area contributed by atoms with Gasteiger partial charge in [-0.25, -0.2) is 15.0 Å². The van der Waals surface area contributed by atoms with Crippen molar-refractivity contribution < 1.29 is 28.6 Å². The highest BCUT2D eigenvalue weighted by molar-refractivity contribution is 6.36. The van der Waals surface area contributed by atoms with Gasteiger partial charge in [-0.05, 0) is 0 Å². The minimum atomic E-state index is -0.829. The van der Waals surface area contributed by atoms with Crippen LogP contribution in [0.1, 0.15) is 12.8 Å². The monoisotopic (exact) mass is 246 g/mol. The van der Waals surface area contributed by atoms with Gasteiger partial charge in [-0.2, -0.15) is 5.10 Å². The van der Waals surface area contributed by atoms with Crippen LogP contribution in [0.25, 0.3) is 0 Å². The molecule has 0 aromatic heterocycles. The van der Waals surface area contributed by atoms with Crippen molar-refractivity contribution in [1.82, 2.24) is 5.43 Å². The van der Waals surface area contributed by atoms with Crippen molar-refractivity contribution >= 4 is 23.7 Å². The molecule has 0 saturated heterocycles. The molecule has 0 aliphatic rings. The van der Waals surface area contributed by atoms with Gasteiger partial charge in [0.25, 0.3) is 0 Å². The van der Waals surface area contributed by atoms with E-state index in [1.54, 1.807) is 0 Å². The Morgan fingerprint density at radius 3 is 2.12 bits per heavy atom. The lowest BCUT2D eigenvalue weighted by Crippen LogP contribution is -2.24. The predicted octanol–water partition coefficient (Wildman–Crippen LogP) is -0.175. The summed E-state index contributed by atoms with van der Waals surface area (Å²) in [6, 6.07) is 0. The van der Waals surface area contributed by atoms with E-state index >= 15 is 0 Å². The lowest BCUT2D eigenvalue weighted by molar-refractivity contribution is -0.140. The summed E-state index contributed by atoms with van der Waals surface area (Å²) >= 11 is 0. The number of methoxy groups -OCH3 is 3. The number of carbonyl (C=O) groups is 3. The Bertz CT molecular complexity index is 325. The lowest BCUT2D eigenvalue weighted by atomic mass is 10.2. The van der Waals surface area contributed by atoms with Crippen LogP contribution in [0.5, 0.6) is 0 Å². The first kappa shape index (κ1) is 14.9. The van der Waals surface area contributed by atoms with Gasteiger partial charge in [0.05, 0.1) is 27.8 Å². The summed E-state index contributed by atoms with van der Waals surface area (Å²) in [5, 5.41) is 3.48. The van der Waals surface area contributed by atoms with Crippen LogP contribution < -0.4 is 5.43 Å². The molecule has 0 aromatic carbocycles. The van der Waals surface area contributed by atoms with E-state index in [4.69, 9.17) is 0 Å². The van der Waals surface area contributed by atoms with Gasteiger partial charge in [-0.1, -0.05) is 0 Å². The third-order valence-electron chi connectivity index (χ3n) is 1.68. The molecule has 0 atom stereocenters. The van der Waals surface area contributed by atoms with Crippen LogP contribution in [0.2, 0.25) is 0 Å². The molecule has 8 nitrogen and oxygen atoms in total. The Morgan fingerprint density at radius 2 is 1.65 bits per heavy atom. The van der Waals surface area contributed by atoms with Crippen molar-refractivity contribution in [3.8, 4) is 0 Å². The summed E-state index contributed by atoms with van der Waals surface area (Å²) in [5.41, 5.74) is 1.86. The SMILES string of the molecule is COC(=O)CC/C(=N/NC(=O)OC)C(=O)OC. The fourth-order valence-electron chi connectivity index (χ4n) is 0.803. The first-order valence-corrected chi connectivity index (χ1v) is 4.60. The molecule has 0 spiro atoms. The summed E-state index contributed by atoms with van der Waals surface area (Å²) in [4.78, 5) is 32.8. The van der Waals surface area contributed by atoms with Crippen molar-refractivity contribution in [3.63, 3.8) is 0 Å². The molecule has 0 aromatic rings. The molecule has 17 heavy (non-hydrogen) atoms. The third-order valence-corrected chi connectivity index (χ3v) is 1.68. The molecule has 0 rings (SSSR count). The van der Waals surface area contributed by atoms with Gasteiger partial charge in [0.15, 0.2) is 0 Å². The Morgan fingerprint density at radius 1 is 1.00 bits per heavy atom. The number of hydrogen-bond donors (Lipinski definition) is 1. The topological polar surface area (TPSA) is 103 Å². The zero-order valence-corrected chi connectivity index (χ0v) is 9.81. The molecule has 0 aliphatic heterocycles. The Balaban J connectivity index is 4.48. The number of carbonyl (C=O) groups excluding carboxylic acids is 3. The van der Waals surface area contributed by atoms with E-state index in [0.717, 1.165) is 14.2 Å². The Labute approximate surface area is 97.9 Å². The molecule has 1 N–H and O–H groups in total. The number of nitrogens with one attached hydrogen (secondary N) is 1. The predicted molar refractivity (Wildman–Crippen MR) is 56.2 cm³/mol. The molecule has 0 bridgehead atoms. The van der Waals surface area contributed by atoms with Gasteiger partial charge in [-0.15, -0.1) is 0 Å². The molecule has 96 valence electrons. The maximum absolute atomic E-state index is 11.2. The highest BCUT2D eigenvalue weighted by Crippen LogP contribution is 1.97. The molecule has 0 fully saturated rings. The maximum atomic E-state index is 11.2. The van der Waals surface area contributed by atoms with Crippen molar-refractivity contribution in [1.29, 1.82) is 0 Å². The Hall–Kier alpha value is -2.12. The summed E-state index contributed by atoms with van der Waals surface area (Å²) < 4.78 is 13.1. The quantitative estimate of drug-likeness (QED) is 0.312. The zero-order chi connectivity index (χ0) is 13.3. The van der Waals surface area contributed by atoms with E-state index in [1.807, 2.05) is 5.43 Å². The van der Waals surface area contributed by atoms with Gasteiger partial charge in [0.2, 0.25) is 0 Å². The van der Waals surface area contributed by atoms with Crippen molar-refractivity contribution in [3.05, 3.63) is 0 Å². The standard InChI is InChI=1S/C9H14N2O6/c1-15-7(12)5-4-6(8(13)16-2)10-11-9(14)17-3/h4-5H2,1-3H3,(H,11,14)/b10-6-. The summed E-state index contributed by atoms with van der Waals surface area (Å²) in [6.45, 7) is 0. The van der Waals surface area contributed by atoms with E-state index in [9.17, 15) is 14.4 Å². The molecule has 0 saturated carbocycles. The highest BCUT2D eigenvalue weighted by Gasteiger charge is 2.15. The van der Waals surface area contributed by atoms with E-state index in [-0.39, 0.29) is 18.6 Å². The van der Waals surface area contributed by atoms with E-state index in [2.05, 4.69) is 19.3 Å². The summed E-state index contributed by atoms with van der Waals surface area (Å²) in [5.74, 6) is -1.25. The molecule has 8 heteroatoms. The normalized spacial score (nSPS) is 10.4. The zero-order valence-electron chi connectivity index (χ0n) is 9.81. The number of rotatable bonds is 5. The second kappa shape index (κ2) is 8.08. The number of hydrogen-bond acceptors (Lipinski definition) is 7. The molecule has 0 aliphatic carbocycles. The molecule has 0 heterocycles. The number of ether oxygens (including phenoxy) is 3. The van der Waals surface area contributed by atoms with Crippen LogP contribution >= 0.6 is 0 Å².